The van der Waals surface area contributed by atoms with Crippen LogP contribution in [0.15, 0.2) is 23.0 Å². The minimum absolute atomic E-state index is 0.210. The Morgan fingerprint density at radius 2 is 2.00 bits per heavy atom. The van der Waals surface area contributed by atoms with Crippen LogP contribution in [0.1, 0.15) is 51.1 Å². The molecule has 156 valence electrons. The summed E-state index contributed by atoms with van der Waals surface area (Å²) >= 11 is 7.44. The number of hydrogen-bond donors (Lipinski definition) is 2. The van der Waals surface area contributed by atoms with E-state index in [4.69, 9.17) is 11.6 Å². The van der Waals surface area contributed by atoms with Gasteiger partial charge in [0.2, 0.25) is 5.43 Å². The van der Waals surface area contributed by atoms with Gasteiger partial charge in [-0.3, -0.25) is 19.1 Å². The first-order chi connectivity index (χ1) is 14.4. The molecule has 4 rings (SSSR count). The fourth-order valence-electron chi connectivity index (χ4n) is 3.80. The standard InChI is InChI=1S/C21H21ClN4O3S/c1-3-23-19(28)16-12-6-4-5-7-15(12)30-21(16)24-20(29)17-18(27)13-10-11(22)8-9-14(13)26(2)25-17/h8-10H,3-7H2,1-2H3,(H,23,28)(H,24,29). The van der Waals surface area contributed by atoms with Gasteiger partial charge in [0.15, 0.2) is 5.69 Å². The summed E-state index contributed by atoms with van der Waals surface area (Å²) in [5.74, 6) is -0.847. The number of aromatic nitrogens is 2. The van der Waals surface area contributed by atoms with Crippen LogP contribution in [0.5, 0.6) is 0 Å². The third-order valence-corrected chi connectivity index (χ3v) is 6.64. The molecular formula is C21H21ClN4O3S. The van der Waals surface area contributed by atoms with Crippen molar-refractivity contribution in [2.45, 2.75) is 32.6 Å². The molecular weight excluding hydrogens is 424 g/mol. The zero-order chi connectivity index (χ0) is 21.4. The molecule has 1 aromatic carbocycles. The van der Waals surface area contributed by atoms with E-state index >= 15 is 0 Å². The van der Waals surface area contributed by atoms with Gasteiger partial charge in [0.1, 0.15) is 5.00 Å². The van der Waals surface area contributed by atoms with Crippen LogP contribution in [-0.2, 0) is 19.9 Å². The van der Waals surface area contributed by atoms with Crippen LogP contribution < -0.4 is 16.1 Å². The Balaban J connectivity index is 1.76. The van der Waals surface area contributed by atoms with Crippen LogP contribution >= 0.6 is 22.9 Å². The lowest BCUT2D eigenvalue weighted by atomic mass is 9.95. The first-order valence-electron chi connectivity index (χ1n) is 9.81. The van der Waals surface area contributed by atoms with E-state index in [1.807, 2.05) is 6.92 Å². The molecule has 1 aliphatic carbocycles. The second kappa shape index (κ2) is 8.20. The van der Waals surface area contributed by atoms with E-state index in [0.29, 0.717) is 33.0 Å². The fourth-order valence-corrected chi connectivity index (χ4v) is 5.26. The summed E-state index contributed by atoms with van der Waals surface area (Å²) < 4.78 is 1.48. The number of anilines is 1. The van der Waals surface area contributed by atoms with Crippen molar-refractivity contribution < 1.29 is 9.59 Å². The highest BCUT2D eigenvalue weighted by atomic mass is 35.5. The normalized spacial score (nSPS) is 13.2. The Bertz CT molecular complexity index is 1230. The molecule has 7 nitrogen and oxygen atoms in total. The molecule has 30 heavy (non-hydrogen) atoms. The van der Waals surface area contributed by atoms with E-state index in [2.05, 4.69) is 15.7 Å². The van der Waals surface area contributed by atoms with E-state index in [-0.39, 0.29) is 11.6 Å². The molecule has 0 fully saturated rings. The predicted molar refractivity (Wildman–Crippen MR) is 119 cm³/mol. The Morgan fingerprint density at radius 1 is 1.23 bits per heavy atom. The summed E-state index contributed by atoms with van der Waals surface area (Å²) in [6.07, 6.45) is 3.76. The minimum atomic E-state index is -0.637. The van der Waals surface area contributed by atoms with Crippen molar-refractivity contribution in [3.05, 3.63) is 55.1 Å². The largest absolute Gasteiger partial charge is 0.352 e. The average molecular weight is 445 g/mol. The topological polar surface area (TPSA) is 93.1 Å². The molecule has 0 bridgehead atoms. The summed E-state index contributed by atoms with van der Waals surface area (Å²) in [6, 6.07) is 4.88. The smallest absolute Gasteiger partial charge is 0.280 e. The van der Waals surface area contributed by atoms with Gasteiger partial charge >= 0.3 is 0 Å². The molecule has 2 amide bonds. The van der Waals surface area contributed by atoms with Crippen molar-refractivity contribution >= 4 is 50.7 Å². The molecule has 9 heteroatoms. The number of aryl methyl sites for hydroxylation is 2. The van der Waals surface area contributed by atoms with Gasteiger partial charge in [-0.25, -0.2) is 0 Å². The number of fused-ring (bicyclic) bond motifs is 2. The van der Waals surface area contributed by atoms with Crippen molar-refractivity contribution in [2.75, 3.05) is 11.9 Å². The van der Waals surface area contributed by atoms with Crippen LogP contribution in [0, 0.1) is 0 Å². The van der Waals surface area contributed by atoms with Gasteiger partial charge in [-0.05, 0) is 56.4 Å². The van der Waals surface area contributed by atoms with E-state index < -0.39 is 11.3 Å². The van der Waals surface area contributed by atoms with Gasteiger partial charge in [0.05, 0.1) is 16.5 Å². The Morgan fingerprint density at radius 3 is 2.77 bits per heavy atom. The molecule has 2 aromatic heterocycles. The monoisotopic (exact) mass is 444 g/mol. The maximum absolute atomic E-state index is 13.0. The number of rotatable bonds is 4. The minimum Gasteiger partial charge on any atom is -0.352 e. The average Bonchev–Trinajstić information content (AvgIpc) is 3.08. The number of hydrogen-bond acceptors (Lipinski definition) is 5. The van der Waals surface area contributed by atoms with Gasteiger partial charge < -0.3 is 10.6 Å². The predicted octanol–water partition coefficient (Wildman–Crippen LogP) is 3.53. The third-order valence-electron chi connectivity index (χ3n) is 5.19. The van der Waals surface area contributed by atoms with Crippen molar-refractivity contribution in [3.63, 3.8) is 0 Å². The van der Waals surface area contributed by atoms with Gasteiger partial charge in [-0.2, -0.15) is 5.10 Å². The van der Waals surface area contributed by atoms with Crippen LogP contribution in [0.3, 0.4) is 0 Å². The summed E-state index contributed by atoms with van der Waals surface area (Å²) in [5.41, 5.74) is 1.35. The fraction of sp³-hybridized carbons (Fsp3) is 0.333. The Kier molecular flexibility index (Phi) is 5.62. The number of halogens is 1. The lowest BCUT2D eigenvalue weighted by Gasteiger charge is -2.13. The number of benzene rings is 1. The highest BCUT2D eigenvalue weighted by Gasteiger charge is 2.27. The number of nitrogens with zero attached hydrogens (tertiary/aromatic N) is 2. The molecule has 0 radical (unpaired) electrons. The molecule has 0 saturated heterocycles. The van der Waals surface area contributed by atoms with Gasteiger partial charge in [0, 0.05) is 23.5 Å². The maximum atomic E-state index is 13.0. The highest BCUT2D eigenvalue weighted by Crippen LogP contribution is 2.38. The molecule has 2 heterocycles. The number of carbonyl (C=O) groups is 2. The quantitative estimate of drug-likeness (QED) is 0.643. The second-order valence-corrected chi connectivity index (χ2v) is 8.73. The van der Waals surface area contributed by atoms with Crippen molar-refractivity contribution in [1.29, 1.82) is 0 Å². The van der Waals surface area contributed by atoms with Crippen molar-refractivity contribution in [3.8, 4) is 0 Å². The third kappa shape index (κ3) is 3.61. The summed E-state index contributed by atoms with van der Waals surface area (Å²) in [4.78, 5) is 39.7. The first kappa shape index (κ1) is 20.6. The summed E-state index contributed by atoms with van der Waals surface area (Å²) in [5, 5.41) is 11.0. The zero-order valence-corrected chi connectivity index (χ0v) is 18.2. The van der Waals surface area contributed by atoms with E-state index in [1.54, 1.807) is 19.2 Å². The van der Waals surface area contributed by atoms with Gasteiger partial charge in [0.25, 0.3) is 11.8 Å². The van der Waals surface area contributed by atoms with Gasteiger partial charge in [-0.1, -0.05) is 11.6 Å². The molecule has 3 aromatic rings. The SMILES string of the molecule is CCNC(=O)c1c(NC(=O)c2nn(C)c3ccc(Cl)cc3c2=O)sc2c1CCCC2. The molecule has 0 atom stereocenters. The maximum Gasteiger partial charge on any atom is 0.280 e. The second-order valence-electron chi connectivity index (χ2n) is 7.19. The lowest BCUT2D eigenvalue weighted by Crippen LogP contribution is -2.28. The molecule has 0 aliphatic heterocycles. The number of carbonyl (C=O) groups excluding carboxylic acids is 2. The Hall–Kier alpha value is -2.71. The van der Waals surface area contributed by atoms with Crippen molar-refractivity contribution in [2.24, 2.45) is 7.05 Å². The molecule has 0 unspecified atom stereocenters. The summed E-state index contributed by atoms with van der Waals surface area (Å²) in [6.45, 7) is 2.34. The van der Waals surface area contributed by atoms with Gasteiger partial charge in [-0.15, -0.1) is 11.3 Å². The number of nitrogens with one attached hydrogen (secondary N) is 2. The van der Waals surface area contributed by atoms with E-state index in [1.165, 1.54) is 22.1 Å². The zero-order valence-electron chi connectivity index (χ0n) is 16.7. The Labute approximate surface area is 182 Å². The van der Waals surface area contributed by atoms with E-state index in [0.717, 1.165) is 36.1 Å². The first-order valence-corrected chi connectivity index (χ1v) is 11.0. The molecule has 0 saturated carbocycles. The molecule has 0 spiro atoms. The van der Waals surface area contributed by atoms with Crippen LogP contribution in [0.4, 0.5) is 5.00 Å². The highest BCUT2D eigenvalue weighted by molar-refractivity contribution is 7.17. The van der Waals surface area contributed by atoms with Crippen molar-refractivity contribution in [1.82, 2.24) is 15.1 Å². The lowest BCUT2D eigenvalue weighted by molar-refractivity contribution is 0.0956. The molecule has 2 N–H and O–H groups in total. The van der Waals surface area contributed by atoms with E-state index in [9.17, 15) is 14.4 Å². The van der Waals surface area contributed by atoms with Crippen LogP contribution in [0.25, 0.3) is 10.9 Å². The number of thiophene rings is 1. The summed E-state index contributed by atoms with van der Waals surface area (Å²) in [7, 11) is 1.66. The molecule has 1 aliphatic rings. The number of amides is 2. The van der Waals surface area contributed by atoms with Crippen LogP contribution in [0.2, 0.25) is 5.02 Å². The van der Waals surface area contributed by atoms with Crippen LogP contribution in [-0.4, -0.2) is 28.1 Å².